The van der Waals surface area contributed by atoms with Gasteiger partial charge in [-0.05, 0) is 31.4 Å². The summed E-state index contributed by atoms with van der Waals surface area (Å²) in [7, 11) is 0. The zero-order valence-corrected chi connectivity index (χ0v) is 12.8. The van der Waals surface area contributed by atoms with E-state index in [1.165, 1.54) is 32.1 Å². The van der Waals surface area contributed by atoms with Crippen LogP contribution in [0.4, 0.5) is 0 Å². The number of hydrogen-bond donors (Lipinski definition) is 2. The lowest BCUT2D eigenvalue weighted by Crippen LogP contribution is -2.47. The molecule has 18 heavy (non-hydrogen) atoms. The smallest absolute Gasteiger partial charge is 0.236 e. The summed E-state index contributed by atoms with van der Waals surface area (Å²) in [4.78, 5) is 11.9. The molecule has 1 unspecified atom stereocenters. The highest BCUT2D eigenvalue weighted by Gasteiger charge is 2.31. The number of amides is 1. The minimum atomic E-state index is -0.354. The molecule has 1 aliphatic rings. The minimum Gasteiger partial charge on any atom is -0.353 e. The molecule has 0 radical (unpaired) electrons. The van der Waals surface area contributed by atoms with E-state index in [2.05, 4.69) is 25.4 Å². The van der Waals surface area contributed by atoms with Crippen LogP contribution < -0.4 is 11.1 Å². The van der Waals surface area contributed by atoms with Gasteiger partial charge in [-0.25, -0.2) is 0 Å². The maximum atomic E-state index is 11.9. The van der Waals surface area contributed by atoms with E-state index in [9.17, 15) is 4.79 Å². The number of nitrogens with two attached hydrogens (primary N) is 1. The lowest BCUT2D eigenvalue weighted by atomic mass is 9.88. The molecule has 0 aromatic heterocycles. The standard InChI is InChI=1S/C14H28N2OS/c1-11(2)9-12(15)13(17)16-10-14(18-3)7-5-4-6-8-14/h11-12H,4-10,15H2,1-3H3,(H,16,17). The average molecular weight is 272 g/mol. The monoisotopic (exact) mass is 272 g/mol. The molecule has 1 fully saturated rings. The number of rotatable bonds is 6. The Hall–Kier alpha value is -0.220. The molecule has 3 nitrogen and oxygen atoms in total. The van der Waals surface area contributed by atoms with E-state index in [-0.39, 0.29) is 16.7 Å². The number of hydrogen-bond acceptors (Lipinski definition) is 3. The van der Waals surface area contributed by atoms with Crippen molar-refractivity contribution in [2.45, 2.75) is 63.2 Å². The van der Waals surface area contributed by atoms with Crippen molar-refractivity contribution in [2.75, 3.05) is 12.8 Å². The normalized spacial score (nSPS) is 20.7. The van der Waals surface area contributed by atoms with Gasteiger partial charge in [0.2, 0.25) is 5.91 Å². The molecule has 3 N–H and O–H groups in total. The predicted molar refractivity (Wildman–Crippen MR) is 79.8 cm³/mol. The van der Waals surface area contributed by atoms with E-state index in [4.69, 9.17) is 5.73 Å². The first-order valence-corrected chi connectivity index (χ1v) is 8.30. The number of thioether (sulfide) groups is 1. The van der Waals surface area contributed by atoms with Gasteiger partial charge in [0, 0.05) is 11.3 Å². The van der Waals surface area contributed by atoms with Crippen molar-refractivity contribution in [3.63, 3.8) is 0 Å². The summed E-state index contributed by atoms with van der Waals surface area (Å²) in [5.41, 5.74) is 5.90. The molecule has 1 amide bonds. The third kappa shape index (κ3) is 4.81. The van der Waals surface area contributed by atoms with Gasteiger partial charge in [-0.3, -0.25) is 4.79 Å². The second-order valence-electron chi connectivity index (χ2n) is 5.90. The topological polar surface area (TPSA) is 55.1 Å². The van der Waals surface area contributed by atoms with Gasteiger partial charge in [0.05, 0.1) is 6.04 Å². The van der Waals surface area contributed by atoms with Gasteiger partial charge in [0.15, 0.2) is 0 Å². The van der Waals surface area contributed by atoms with Crippen LogP contribution in [0.2, 0.25) is 0 Å². The molecule has 106 valence electrons. The first kappa shape index (κ1) is 15.8. The van der Waals surface area contributed by atoms with Crippen molar-refractivity contribution in [3.05, 3.63) is 0 Å². The van der Waals surface area contributed by atoms with Crippen LogP contribution in [-0.4, -0.2) is 29.5 Å². The summed E-state index contributed by atoms with van der Waals surface area (Å²) >= 11 is 1.91. The first-order valence-electron chi connectivity index (χ1n) is 7.07. The Bertz CT molecular complexity index is 263. The zero-order valence-electron chi connectivity index (χ0n) is 12.0. The first-order chi connectivity index (χ1) is 8.49. The fraction of sp³-hybridized carbons (Fsp3) is 0.929. The van der Waals surface area contributed by atoms with Gasteiger partial charge >= 0.3 is 0 Å². The van der Waals surface area contributed by atoms with E-state index in [0.29, 0.717) is 5.92 Å². The number of carbonyl (C=O) groups is 1. The third-order valence-corrected chi connectivity index (χ3v) is 5.26. The molecule has 4 heteroatoms. The van der Waals surface area contributed by atoms with Gasteiger partial charge in [0.25, 0.3) is 0 Å². The largest absolute Gasteiger partial charge is 0.353 e. The molecule has 0 spiro atoms. The predicted octanol–water partition coefficient (Wildman–Crippen LogP) is 2.54. The Morgan fingerprint density at radius 2 is 1.94 bits per heavy atom. The maximum Gasteiger partial charge on any atom is 0.236 e. The molecule has 1 atom stereocenters. The van der Waals surface area contributed by atoms with Crippen molar-refractivity contribution in [1.82, 2.24) is 5.32 Å². The van der Waals surface area contributed by atoms with Crippen molar-refractivity contribution in [3.8, 4) is 0 Å². The molecule has 0 aromatic rings. The van der Waals surface area contributed by atoms with Crippen LogP contribution in [-0.2, 0) is 4.79 Å². The van der Waals surface area contributed by atoms with Crippen molar-refractivity contribution >= 4 is 17.7 Å². The van der Waals surface area contributed by atoms with Crippen LogP contribution in [0.25, 0.3) is 0 Å². The minimum absolute atomic E-state index is 0.0164. The van der Waals surface area contributed by atoms with E-state index in [1.54, 1.807) is 0 Å². The van der Waals surface area contributed by atoms with E-state index in [1.807, 2.05) is 11.8 Å². The average Bonchev–Trinajstić information content (AvgIpc) is 2.36. The molecule has 0 saturated heterocycles. The van der Waals surface area contributed by atoms with Gasteiger partial charge < -0.3 is 11.1 Å². The van der Waals surface area contributed by atoms with Crippen LogP contribution >= 0.6 is 11.8 Å². The van der Waals surface area contributed by atoms with Crippen LogP contribution in [0.1, 0.15) is 52.4 Å². The van der Waals surface area contributed by atoms with E-state index < -0.39 is 0 Å². The van der Waals surface area contributed by atoms with Crippen LogP contribution in [0.5, 0.6) is 0 Å². The van der Waals surface area contributed by atoms with E-state index in [0.717, 1.165) is 13.0 Å². The van der Waals surface area contributed by atoms with Gasteiger partial charge in [-0.15, -0.1) is 0 Å². The summed E-state index contributed by atoms with van der Waals surface area (Å²) in [5.74, 6) is 0.484. The molecular weight excluding hydrogens is 244 g/mol. The van der Waals surface area contributed by atoms with Crippen molar-refractivity contribution in [1.29, 1.82) is 0 Å². The Labute approximate surface area is 116 Å². The second-order valence-corrected chi connectivity index (χ2v) is 7.18. The van der Waals surface area contributed by atoms with Gasteiger partial charge in [-0.2, -0.15) is 11.8 Å². The molecule has 1 aliphatic carbocycles. The van der Waals surface area contributed by atoms with E-state index >= 15 is 0 Å². The van der Waals surface area contributed by atoms with Crippen molar-refractivity contribution < 1.29 is 4.79 Å². The number of carbonyl (C=O) groups excluding carboxylic acids is 1. The SMILES string of the molecule is CSC1(CNC(=O)C(N)CC(C)C)CCCCC1. The highest BCUT2D eigenvalue weighted by molar-refractivity contribution is 8.00. The van der Waals surface area contributed by atoms with Crippen LogP contribution in [0.3, 0.4) is 0 Å². The summed E-state index contributed by atoms with van der Waals surface area (Å²) in [6.45, 7) is 4.97. The Morgan fingerprint density at radius 3 is 2.44 bits per heavy atom. The van der Waals surface area contributed by atoms with Gasteiger partial charge in [-0.1, -0.05) is 33.1 Å². The fourth-order valence-electron chi connectivity index (χ4n) is 2.64. The molecule has 0 heterocycles. The number of nitrogens with one attached hydrogen (secondary N) is 1. The summed E-state index contributed by atoms with van der Waals surface area (Å²) in [6, 6.07) is -0.354. The lowest BCUT2D eigenvalue weighted by Gasteiger charge is -2.36. The lowest BCUT2D eigenvalue weighted by molar-refractivity contribution is -0.122. The zero-order chi connectivity index (χ0) is 13.6. The maximum absolute atomic E-state index is 11.9. The van der Waals surface area contributed by atoms with Crippen LogP contribution in [0, 0.1) is 5.92 Å². The Morgan fingerprint density at radius 1 is 1.33 bits per heavy atom. The van der Waals surface area contributed by atoms with Crippen LogP contribution in [0.15, 0.2) is 0 Å². The summed E-state index contributed by atoms with van der Waals surface area (Å²) in [5, 5.41) is 3.06. The molecule has 0 bridgehead atoms. The molecular formula is C14H28N2OS. The summed E-state index contributed by atoms with van der Waals surface area (Å²) < 4.78 is 0.255. The molecule has 0 aliphatic heterocycles. The third-order valence-electron chi connectivity index (χ3n) is 3.84. The molecule has 1 rings (SSSR count). The fourth-order valence-corrected chi connectivity index (χ4v) is 3.56. The Kier molecular flexibility index (Phi) is 6.50. The Balaban J connectivity index is 2.40. The highest BCUT2D eigenvalue weighted by Crippen LogP contribution is 2.37. The van der Waals surface area contributed by atoms with Crippen molar-refractivity contribution in [2.24, 2.45) is 11.7 Å². The highest BCUT2D eigenvalue weighted by atomic mass is 32.2. The summed E-state index contributed by atoms with van der Waals surface area (Å²) in [6.07, 6.45) is 9.26. The van der Waals surface area contributed by atoms with Gasteiger partial charge in [0.1, 0.15) is 0 Å². The molecule has 1 saturated carbocycles. The molecule has 0 aromatic carbocycles. The quantitative estimate of drug-likeness (QED) is 0.781. The second kappa shape index (κ2) is 7.39.